The average Bonchev–Trinajstić information content (AvgIpc) is 2.90. The van der Waals surface area contributed by atoms with Crippen LogP contribution in [0.15, 0.2) is 42.1 Å². The topological polar surface area (TPSA) is 42.0 Å². The van der Waals surface area contributed by atoms with Crippen LogP contribution in [0.4, 0.5) is 4.39 Å². The molecule has 8 heteroatoms. The van der Waals surface area contributed by atoms with Gasteiger partial charge >= 0.3 is 0 Å². The Bertz CT molecular complexity index is 996. The zero-order valence-electron chi connectivity index (χ0n) is 16.2. The molecule has 29 heavy (non-hydrogen) atoms. The second-order valence-corrected chi connectivity index (χ2v) is 7.11. The predicted molar refractivity (Wildman–Crippen MR) is 114 cm³/mol. The van der Waals surface area contributed by atoms with Crippen molar-refractivity contribution in [1.82, 2.24) is 9.80 Å². The lowest BCUT2D eigenvalue weighted by Crippen LogP contribution is -2.30. The molecular weight excluding hydrogens is 415 g/mol. The van der Waals surface area contributed by atoms with Crippen molar-refractivity contribution in [3.05, 3.63) is 64.1 Å². The number of benzene rings is 2. The second-order valence-electron chi connectivity index (χ2n) is 6.33. The first kappa shape index (κ1) is 21.1. The van der Waals surface area contributed by atoms with Crippen molar-refractivity contribution in [3.8, 4) is 11.5 Å². The van der Waals surface area contributed by atoms with Gasteiger partial charge < -0.3 is 14.4 Å². The zero-order chi connectivity index (χ0) is 21.1. The van der Waals surface area contributed by atoms with Crippen LogP contribution in [0.5, 0.6) is 11.5 Å². The van der Waals surface area contributed by atoms with E-state index < -0.39 is 0 Å². The number of rotatable bonds is 6. The monoisotopic (exact) mass is 434 g/mol. The minimum Gasteiger partial charge on any atom is -0.493 e. The fourth-order valence-corrected chi connectivity index (χ4v) is 3.56. The van der Waals surface area contributed by atoms with E-state index in [9.17, 15) is 9.18 Å². The van der Waals surface area contributed by atoms with Gasteiger partial charge in [0.1, 0.15) is 18.1 Å². The summed E-state index contributed by atoms with van der Waals surface area (Å²) in [5, 5.41) is 0.738. The fourth-order valence-electron chi connectivity index (χ4n) is 2.98. The maximum Gasteiger partial charge on any atom is 0.276 e. The summed E-state index contributed by atoms with van der Waals surface area (Å²) in [6.45, 7) is 2.36. The van der Waals surface area contributed by atoms with E-state index >= 15 is 0 Å². The molecule has 0 aliphatic carbocycles. The number of methoxy groups -OCH3 is 1. The lowest BCUT2D eigenvalue weighted by atomic mass is 10.1. The largest absolute Gasteiger partial charge is 0.493 e. The van der Waals surface area contributed by atoms with Gasteiger partial charge in [0, 0.05) is 19.2 Å². The van der Waals surface area contributed by atoms with E-state index in [0.29, 0.717) is 40.0 Å². The Hall–Kier alpha value is -2.64. The third-order valence-electron chi connectivity index (χ3n) is 4.54. The first-order valence-corrected chi connectivity index (χ1v) is 9.71. The minimum absolute atomic E-state index is 0.00411. The Balaban J connectivity index is 1.90. The summed E-state index contributed by atoms with van der Waals surface area (Å²) < 4.78 is 24.9. The van der Waals surface area contributed by atoms with Gasteiger partial charge in [0.2, 0.25) is 0 Å². The molecule has 0 radical (unpaired) electrons. The molecule has 2 aromatic rings. The summed E-state index contributed by atoms with van der Waals surface area (Å²) in [5.74, 6) is 0.151. The number of amides is 1. The molecule has 1 fully saturated rings. The van der Waals surface area contributed by atoms with Crippen molar-refractivity contribution in [2.24, 2.45) is 0 Å². The highest BCUT2D eigenvalue weighted by Gasteiger charge is 2.34. The highest BCUT2D eigenvalue weighted by atomic mass is 35.5. The molecule has 0 unspecified atom stereocenters. The molecule has 0 bridgehead atoms. The van der Waals surface area contributed by atoms with Crippen molar-refractivity contribution >= 4 is 40.9 Å². The molecule has 3 rings (SSSR count). The van der Waals surface area contributed by atoms with Crippen LogP contribution in [0.1, 0.15) is 18.1 Å². The number of carbonyl (C=O) groups excluding carboxylic acids is 1. The van der Waals surface area contributed by atoms with Crippen LogP contribution < -0.4 is 9.47 Å². The minimum atomic E-state index is -0.358. The molecule has 5 nitrogen and oxygen atoms in total. The van der Waals surface area contributed by atoms with E-state index in [2.05, 4.69) is 0 Å². The van der Waals surface area contributed by atoms with Crippen LogP contribution in [-0.2, 0) is 11.4 Å². The summed E-state index contributed by atoms with van der Waals surface area (Å²) in [6, 6.07) is 9.71. The lowest BCUT2D eigenvalue weighted by Gasteiger charge is -2.15. The van der Waals surface area contributed by atoms with Crippen molar-refractivity contribution in [2.75, 3.05) is 20.7 Å². The molecule has 1 heterocycles. The van der Waals surface area contributed by atoms with E-state index in [1.165, 1.54) is 18.1 Å². The molecule has 2 aromatic carbocycles. The maximum atomic E-state index is 13.8. The van der Waals surface area contributed by atoms with Crippen molar-refractivity contribution in [3.63, 3.8) is 0 Å². The smallest absolute Gasteiger partial charge is 0.276 e. The number of ether oxygens (including phenoxy) is 2. The first-order chi connectivity index (χ1) is 13.9. The molecule has 1 amide bonds. The van der Waals surface area contributed by atoms with E-state index in [1.54, 1.807) is 48.4 Å². The van der Waals surface area contributed by atoms with Crippen molar-refractivity contribution in [1.29, 1.82) is 0 Å². The Morgan fingerprint density at radius 2 is 2.00 bits per heavy atom. The fraction of sp³-hybridized carbons (Fsp3) is 0.238. The molecule has 0 spiro atoms. The van der Waals surface area contributed by atoms with Crippen molar-refractivity contribution in [2.45, 2.75) is 13.5 Å². The maximum absolute atomic E-state index is 13.8. The summed E-state index contributed by atoms with van der Waals surface area (Å²) in [6.07, 6.45) is 1.69. The van der Waals surface area contributed by atoms with E-state index in [0.717, 1.165) is 0 Å². The van der Waals surface area contributed by atoms with Gasteiger partial charge in [-0.3, -0.25) is 9.69 Å². The van der Waals surface area contributed by atoms with Gasteiger partial charge in [0.05, 0.1) is 12.1 Å². The Morgan fingerprint density at radius 1 is 1.28 bits per heavy atom. The Kier molecular flexibility index (Phi) is 6.39. The van der Waals surface area contributed by atoms with Gasteiger partial charge in [-0.2, -0.15) is 0 Å². The number of hydrogen-bond donors (Lipinski definition) is 0. The van der Waals surface area contributed by atoms with Gasteiger partial charge in [0.15, 0.2) is 16.6 Å². The SMILES string of the molecule is CCN1C(=O)/C(=C\c2cc(Cl)c(OCc3ccccc3F)c(OC)c2)N(C)C1=S. The normalized spacial score (nSPS) is 15.4. The molecular formula is C21H20ClFN2O3S. The van der Waals surface area contributed by atoms with Crippen LogP contribution in [0, 0.1) is 5.82 Å². The summed E-state index contributed by atoms with van der Waals surface area (Å²) >= 11 is 11.7. The predicted octanol–water partition coefficient (Wildman–Crippen LogP) is 4.49. The molecule has 1 aliphatic heterocycles. The van der Waals surface area contributed by atoms with Crippen LogP contribution in [0.25, 0.3) is 6.08 Å². The number of likely N-dealkylation sites (N-methyl/N-ethyl adjacent to an activating group) is 2. The van der Waals surface area contributed by atoms with Crippen LogP contribution in [-0.4, -0.2) is 41.5 Å². The van der Waals surface area contributed by atoms with Gasteiger partial charge in [-0.15, -0.1) is 0 Å². The van der Waals surface area contributed by atoms with E-state index in [4.69, 9.17) is 33.3 Å². The van der Waals surface area contributed by atoms with E-state index in [-0.39, 0.29) is 23.4 Å². The standard InChI is InChI=1S/C21H20ClFN2O3S/c1-4-25-20(26)17(24(2)21(25)29)10-13-9-15(22)19(18(11-13)27-3)28-12-14-7-5-6-8-16(14)23/h5-11H,4,12H2,1-3H3/b17-10+. The van der Waals surface area contributed by atoms with Gasteiger partial charge in [-0.25, -0.2) is 4.39 Å². The van der Waals surface area contributed by atoms with Gasteiger partial charge in [0.25, 0.3) is 5.91 Å². The Labute approximate surface area is 179 Å². The van der Waals surface area contributed by atoms with Gasteiger partial charge in [-0.1, -0.05) is 29.8 Å². The highest BCUT2D eigenvalue weighted by Crippen LogP contribution is 2.38. The lowest BCUT2D eigenvalue weighted by molar-refractivity contribution is -0.122. The molecule has 1 aliphatic rings. The van der Waals surface area contributed by atoms with Crippen LogP contribution in [0.3, 0.4) is 0 Å². The number of thiocarbonyl (C=S) groups is 1. The highest BCUT2D eigenvalue weighted by molar-refractivity contribution is 7.80. The quantitative estimate of drug-likeness (QED) is 0.495. The zero-order valence-corrected chi connectivity index (χ0v) is 17.8. The third kappa shape index (κ3) is 4.21. The molecule has 152 valence electrons. The Morgan fingerprint density at radius 3 is 2.62 bits per heavy atom. The molecule has 0 N–H and O–H groups in total. The summed E-state index contributed by atoms with van der Waals surface area (Å²) in [5.41, 5.74) is 1.50. The number of hydrogen-bond acceptors (Lipinski definition) is 4. The van der Waals surface area contributed by atoms with Crippen LogP contribution >= 0.6 is 23.8 Å². The molecule has 0 aromatic heterocycles. The molecule has 0 saturated carbocycles. The first-order valence-electron chi connectivity index (χ1n) is 8.92. The van der Waals surface area contributed by atoms with Crippen molar-refractivity contribution < 1.29 is 18.7 Å². The third-order valence-corrected chi connectivity index (χ3v) is 5.32. The van der Waals surface area contributed by atoms with E-state index in [1.807, 2.05) is 6.92 Å². The number of carbonyl (C=O) groups is 1. The summed E-state index contributed by atoms with van der Waals surface area (Å²) in [4.78, 5) is 15.7. The second kappa shape index (κ2) is 8.80. The molecule has 0 atom stereocenters. The molecule has 1 saturated heterocycles. The summed E-state index contributed by atoms with van der Waals surface area (Å²) in [7, 11) is 3.23. The average molecular weight is 435 g/mol. The number of halogens is 2. The van der Waals surface area contributed by atoms with Gasteiger partial charge in [-0.05, 0) is 49.0 Å². The van der Waals surface area contributed by atoms with Crippen LogP contribution in [0.2, 0.25) is 5.02 Å². The number of nitrogens with zero attached hydrogens (tertiary/aromatic N) is 2.